The largest absolute Gasteiger partial charge is 0.494 e. The first kappa shape index (κ1) is 20.9. The highest BCUT2D eigenvalue weighted by molar-refractivity contribution is 5.20. The van der Waals surface area contributed by atoms with Crippen molar-refractivity contribution in [1.29, 1.82) is 0 Å². The Bertz CT molecular complexity index is 312. The van der Waals surface area contributed by atoms with Crippen molar-refractivity contribution in [2.45, 2.75) is 58.0 Å². The molecule has 4 nitrogen and oxygen atoms in total. The highest BCUT2D eigenvalue weighted by Gasteiger charge is 1.94. The minimum absolute atomic E-state index is 0.365. The molecule has 0 amide bonds. The van der Waals surface area contributed by atoms with Crippen molar-refractivity contribution < 1.29 is 20.1 Å². The van der Waals surface area contributed by atoms with Crippen molar-refractivity contribution in [2.24, 2.45) is 0 Å². The topological polar surface area (TPSA) is 69.9 Å². The van der Waals surface area contributed by atoms with Gasteiger partial charge in [0.1, 0.15) is 11.9 Å². The van der Waals surface area contributed by atoms with Crippen LogP contribution in [0.4, 0.5) is 0 Å². The summed E-state index contributed by atoms with van der Waals surface area (Å²) in [5.41, 5.74) is 0. The molecule has 0 bridgehead atoms. The lowest BCUT2D eigenvalue weighted by atomic mass is 10.1. The normalized spacial score (nSPS) is 10.2. The second kappa shape index (κ2) is 16.3. The molecule has 0 saturated carbocycles. The molecule has 0 saturated heterocycles. The third-order valence-electron chi connectivity index (χ3n) is 3.18. The molecule has 0 heterocycles. The van der Waals surface area contributed by atoms with Gasteiger partial charge < -0.3 is 20.1 Å². The number of hydrogen-bond donors (Lipinski definition) is 3. The van der Waals surface area contributed by atoms with E-state index in [9.17, 15) is 0 Å². The zero-order valence-electron chi connectivity index (χ0n) is 13.8. The number of para-hydroxylation sites is 1. The van der Waals surface area contributed by atoms with E-state index < -0.39 is 6.10 Å². The van der Waals surface area contributed by atoms with E-state index in [4.69, 9.17) is 20.1 Å². The summed E-state index contributed by atoms with van der Waals surface area (Å²) in [6.45, 7) is 2.39. The quantitative estimate of drug-likeness (QED) is 0.549. The third kappa shape index (κ3) is 13.9. The van der Waals surface area contributed by atoms with Crippen molar-refractivity contribution in [3.63, 3.8) is 0 Å². The lowest BCUT2D eigenvalue weighted by molar-refractivity contribution is 0.0450. The van der Waals surface area contributed by atoms with Crippen LogP contribution in [0.5, 0.6) is 5.75 Å². The molecular weight excluding hydrogens is 280 g/mol. The Kier molecular flexibility index (Phi) is 15.5. The van der Waals surface area contributed by atoms with Gasteiger partial charge in [-0.25, -0.2) is 0 Å². The van der Waals surface area contributed by atoms with Gasteiger partial charge in [-0.2, -0.15) is 0 Å². The Morgan fingerprint density at radius 3 is 1.91 bits per heavy atom. The van der Waals surface area contributed by atoms with Gasteiger partial charge >= 0.3 is 0 Å². The van der Waals surface area contributed by atoms with E-state index in [0.717, 1.165) is 12.4 Å². The molecule has 128 valence electrons. The predicted molar refractivity (Wildman–Crippen MR) is 90.1 cm³/mol. The molecule has 0 fully saturated rings. The van der Waals surface area contributed by atoms with Crippen molar-refractivity contribution in [1.82, 2.24) is 0 Å². The molecule has 22 heavy (non-hydrogen) atoms. The van der Waals surface area contributed by atoms with Crippen LogP contribution < -0.4 is 4.74 Å². The van der Waals surface area contributed by atoms with Gasteiger partial charge in [0.05, 0.1) is 19.8 Å². The van der Waals surface area contributed by atoms with E-state index in [0.29, 0.717) is 0 Å². The molecule has 3 N–H and O–H groups in total. The molecule has 1 aromatic carbocycles. The van der Waals surface area contributed by atoms with E-state index in [-0.39, 0.29) is 13.2 Å². The number of benzene rings is 1. The molecule has 0 aliphatic rings. The number of aliphatic hydroxyl groups is 3. The fourth-order valence-electron chi connectivity index (χ4n) is 1.82. The van der Waals surface area contributed by atoms with Crippen LogP contribution in [0.1, 0.15) is 51.9 Å². The first-order valence-electron chi connectivity index (χ1n) is 8.32. The maximum atomic E-state index is 8.17. The van der Waals surface area contributed by atoms with Gasteiger partial charge in [0, 0.05) is 0 Å². The molecule has 0 spiro atoms. The molecule has 0 aliphatic carbocycles. The Balaban J connectivity index is 0.000000626. The van der Waals surface area contributed by atoms with Gasteiger partial charge in [0.25, 0.3) is 0 Å². The minimum Gasteiger partial charge on any atom is -0.494 e. The number of rotatable bonds is 11. The SMILES string of the molecule is CCCCCCCCCOc1ccccc1.OCC(O)CO. The van der Waals surface area contributed by atoms with Crippen molar-refractivity contribution in [2.75, 3.05) is 19.8 Å². The fraction of sp³-hybridized carbons (Fsp3) is 0.667. The molecule has 0 unspecified atom stereocenters. The summed E-state index contributed by atoms with van der Waals surface area (Å²) in [6.07, 6.45) is 8.40. The van der Waals surface area contributed by atoms with E-state index in [2.05, 4.69) is 6.92 Å². The highest BCUT2D eigenvalue weighted by Crippen LogP contribution is 2.10. The summed E-state index contributed by atoms with van der Waals surface area (Å²) >= 11 is 0. The molecule has 4 heteroatoms. The summed E-state index contributed by atoms with van der Waals surface area (Å²) < 4.78 is 5.63. The first-order chi connectivity index (χ1) is 10.7. The maximum Gasteiger partial charge on any atom is 0.119 e. The van der Waals surface area contributed by atoms with Gasteiger partial charge in [0.15, 0.2) is 0 Å². The molecule has 0 atom stereocenters. The summed E-state index contributed by atoms with van der Waals surface area (Å²) in [4.78, 5) is 0. The molecule has 0 aliphatic heterocycles. The summed E-state index contributed by atoms with van der Waals surface area (Å²) in [6, 6.07) is 10.1. The molecule has 1 aromatic rings. The zero-order valence-corrected chi connectivity index (χ0v) is 13.8. The second-order valence-electron chi connectivity index (χ2n) is 5.30. The smallest absolute Gasteiger partial charge is 0.119 e. The Morgan fingerprint density at radius 2 is 1.41 bits per heavy atom. The predicted octanol–water partition coefficient (Wildman–Crippen LogP) is 3.15. The maximum absolute atomic E-state index is 8.17. The number of aliphatic hydroxyl groups excluding tert-OH is 3. The summed E-state index contributed by atoms with van der Waals surface area (Å²) in [7, 11) is 0. The fourth-order valence-corrected chi connectivity index (χ4v) is 1.82. The van der Waals surface area contributed by atoms with Crippen LogP contribution in [-0.2, 0) is 0 Å². The van der Waals surface area contributed by atoms with Crippen LogP contribution in [0, 0.1) is 0 Å². The average molecular weight is 312 g/mol. The number of hydrogen-bond acceptors (Lipinski definition) is 4. The van der Waals surface area contributed by atoms with Crippen LogP contribution in [-0.4, -0.2) is 41.2 Å². The van der Waals surface area contributed by atoms with E-state index in [1.54, 1.807) is 0 Å². The first-order valence-corrected chi connectivity index (χ1v) is 8.32. The van der Waals surface area contributed by atoms with Crippen LogP contribution in [0.3, 0.4) is 0 Å². The van der Waals surface area contributed by atoms with Crippen LogP contribution in [0.2, 0.25) is 0 Å². The van der Waals surface area contributed by atoms with Gasteiger partial charge in [-0.15, -0.1) is 0 Å². The number of ether oxygens (including phenoxy) is 1. The van der Waals surface area contributed by atoms with Crippen LogP contribution in [0.25, 0.3) is 0 Å². The van der Waals surface area contributed by atoms with Crippen LogP contribution in [0.15, 0.2) is 30.3 Å². The Labute approximate surface area is 134 Å². The lowest BCUT2D eigenvalue weighted by Gasteiger charge is -2.05. The van der Waals surface area contributed by atoms with Crippen molar-refractivity contribution >= 4 is 0 Å². The Hall–Kier alpha value is -1.10. The second-order valence-corrected chi connectivity index (χ2v) is 5.30. The molecule has 0 aromatic heterocycles. The van der Waals surface area contributed by atoms with Gasteiger partial charge in [-0.3, -0.25) is 0 Å². The van der Waals surface area contributed by atoms with E-state index in [1.807, 2.05) is 30.3 Å². The van der Waals surface area contributed by atoms with E-state index >= 15 is 0 Å². The molecular formula is C18H32O4. The monoisotopic (exact) mass is 312 g/mol. The van der Waals surface area contributed by atoms with Gasteiger partial charge in [0.2, 0.25) is 0 Å². The molecule has 0 radical (unpaired) electrons. The average Bonchev–Trinajstić information content (AvgIpc) is 2.58. The van der Waals surface area contributed by atoms with Crippen LogP contribution >= 0.6 is 0 Å². The summed E-state index contributed by atoms with van der Waals surface area (Å²) in [5, 5.41) is 24.0. The highest BCUT2D eigenvalue weighted by atomic mass is 16.5. The third-order valence-corrected chi connectivity index (χ3v) is 3.18. The minimum atomic E-state index is -0.954. The van der Waals surface area contributed by atoms with Gasteiger partial charge in [-0.1, -0.05) is 63.6 Å². The molecule has 1 rings (SSSR count). The van der Waals surface area contributed by atoms with E-state index in [1.165, 1.54) is 44.9 Å². The zero-order chi connectivity index (χ0) is 16.5. The lowest BCUT2D eigenvalue weighted by Crippen LogP contribution is -2.15. The van der Waals surface area contributed by atoms with Crippen molar-refractivity contribution in [3.05, 3.63) is 30.3 Å². The Morgan fingerprint density at radius 1 is 0.864 bits per heavy atom. The summed E-state index contributed by atoms with van der Waals surface area (Å²) in [5.74, 6) is 0.994. The van der Waals surface area contributed by atoms with Crippen molar-refractivity contribution in [3.8, 4) is 5.75 Å². The van der Waals surface area contributed by atoms with Gasteiger partial charge in [-0.05, 0) is 18.6 Å². The number of unbranched alkanes of at least 4 members (excludes halogenated alkanes) is 6. The standard InChI is InChI=1S/C15H24O.C3H8O3/c1-2-3-4-5-6-7-11-14-16-15-12-9-8-10-13-15;4-1-3(6)2-5/h8-10,12-13H,2-7,11,14H2,1H3;3-6H,1-2H2.